The van der Waals surface area contributed by atoms with Crippen LogP contribution in [0.15, 0.2) is 59.8 Å². The fourth-order valence-corrected chi connectivity index (χ4v) is 2.43. The molecule has 0 saturated heterocycles. The lowest BCUT2D eigenvalue weighted by molar-refractivity contribution is 0.0951. The van der Waals surface area contributed by atoms with Gasteiger partial charge in [-0.3, -0.25) is 9.78 Å². The van der Waals surface area contributed by atoms with Crippen molar-refractivity contribution in [3.05, 3.63) is 65.5 Å². The highest BCUT2D eigenvalue weighted by Gasteiger charge is 2.11. The first-order valence-electron chi connectivity index (χ1n) is 7.63. The number of hydrogen-bond acceptors (Lipinski definition) is 4. The molecule has 0 fully saturated rings. The fourth-order valence-electron chi connectivity index (χ4n) is 2.43. The van der Waals surface area contributed by atoms with Gasteiger partial charge in [-0.2, -0.15) is 0 Å². The zero-order valence-corrected chi connectivity index (χ0v) is 13.0. The second-order valence-corrected chi connectivity index (χ2v) is 5.40. The Hall–Kier alpha value is -2.82. The van der Waals surface area contributed by atoms with Crippen molar-refractivity contribution in [2.75, 3.05) is 6.54 Å². The van der Waals surface area contributed by atoms with E-state index in [9.17, 15) is 4.79 Å². The Kier molecular flexibility index (Phi) is 4.57. The lowest BCUT2D eigenvalue weighted by Gasteiger charge is -2.13. The van der Waals surface area contributed by atoms with Crippen LogP contribution in [0.1, 0.15) is 30.3 Å². The number of hydrogen-bond donors (Lipinski definition) is 1. The first-order valence-corrected chi connectivity index (χ1v) is 7.63. The monoisotopic (exact) mass is 306 g/mol. The number of amides is 1. The summed E-state index contributed by atoms with van der Waals surface area (Å²) < 4.78 is 0. The van der Waals surface area contributed by atoms with Crippen LogP contribution >= 0.6 is 0 Å². The molecule has 116 valence electrons. The van der Waals surface area contributed by atoms with Gasteiger partial charge in [0.2, 0.25) is 0 Å². The summed E-state index contributed by atoms with van der Waals surface area (Å²) in [6.07, 6.45) is 8.17. The molecule has 0 atom stereocenters. The summed E-state index contributed by atoms with van der Waals surface area (Å²) in [6, 6.07) is 9.02. The van der Waals surface area contributed by atoms with E-state index in [4.69, 9.17) is 0 Å². The molecule has 1 amide bonds. The molecule has 0 bridgehead atoms. The number of rotatable bonds is 4. The molecule has 0 aliphatic heterocycles. The maximum absolute atomic E-state index is 12.2. The zero-order chi connectivity index (χ0) is 16.1. The number of nitrogens with zero attached hydrogens (tertiary/aromatic N) is 3. The maximum atomic E-state index is 12.2. The number of nitrogens with one attached hydrogen (secondary N) is 1. The molecule has 1 aliphatic carbocycles. The summed E-state index contributed by atoms with van der Waals surface area (Å²) in [6.45, 7) is 2.59. The van der Waals surface area contributed by atoms with Crippen LogP contribution in [-0.4, -0.2) is 27.6 Å². The van der Waals surface area contributed by atoms with Crippen LogP contribution in [0.25, 0.3) is 11.4 Å². The first kappa shape index (κ1) is 15.1. The van der Waals surface area contributed by atoms with Gasteiger partial charge in [0.05, 0.1) is 5.69 Å². The highest BCUT2D eigenvalue weighted by molar-refractivity contribution is 5.92. The smallest absolute Gasteiger partial charge is 0.272 e. The van der Waals surface area contributed by atoms with Gasteiger partial charge >= 0.3 is 0 Å². The SMILES string of the molecule is CC1=CCCC=C1CNC(=O)c1ccc(-c2ccccn2)nn1. The molecule has 0 radical (unpaired) electrons. The van der Waals surface area contributed by atoms with Crippen LogP contribution in [0.5, 0.6) is 0 Å². The molecule has 0 unspecified atom stereocenters. The van der Waals surface area contributed by atoms with Gasteiger partial charge in [-0.1, -0.05) is 23.8 Å². The van der Waals surface area contributed by atoms with E-state index in [1.54, 1.807) is 18.3 Å². The van der Waals surface area contributed by atoms with E-state index in [0.717, 1.165) is 18.5 Å². The van der Waals surface area contributed by atoms with Crippen molar-refractivity contribution in [2.45, 2.75) is 19.8 Å². The number of carbonyl (C=O) groups is 1. The van der Waals surface area contributed by atoms with Gasteiger partial charge in [-0.15, -0.1) is 10.2 Å². The van der Waals surface area contributed by atoms with Crippen molar-refractivity contribution < 1.29 is 4.79 Å². The van der Waals surface area contributed by atoms with E-state index in [1.165, 1.54) is 11.1 Å². The lowest BCUT2D eigenvalue weighted by Crippen LogP contribution is -2.27. The molecular formula is C18H18N4O. The maximum Gasteiger partial charge on any atom is 0.272 e. The lowest BCUT2D eigenvalue weighted by atomic mass is 9.99. The standard InChI is InChI=1S/C18H18N4O/c1-13-6-2-3-7-14(13)12-20-18(23)17-10-9-16(21-22-17)15-8-4-5-11-19-15/h4-11H,2-3,12H2,1H3,(H,20,23). The quantitative estimate of drug-likeness (QED) is 0.943. The van der Waals surface area contributed by atoms with Crippen LogP contribution in [0, 0.1) is 0 Å². The predicted octanol–water partition coefficient (Wildman–Crippen LogP) is 2.93. The summed E-state index contributed by atoms with van der Waals surface area (Å²) in [5, 5.41) is 11.0. The number of pyridine rings is 1. The van der Waals surface area contributed by atoms with Crippen LogP contribution < -0.4 is 5.32 Å². The second kappa shape index (κ2) is 6.96. The minimum atomic E-state index is -0.218. The normalized spacial score (nSPS) is 14.0. The summed E-state index contributed by atoms with van der Waals surface area (Å²) in [5.41, 5.74) is 4.09. The molecule has 5 nitrogen and oxygen atoms in total. The van der Waals surface area contributed by atoms with Gasteiger partial charge in [0, 0.05) is 12.7 Å². The molecule has 2 heterocycles. The highest BCUT2D eigenvalue weighted by Crippen LogP contribution is 2.17. The minimum absolute atomic E-state index is 0.218. The zero-order valence-electron chi connectivity index (χ0n) is 13.0. The van der Waals surface area contributed by atoms with E-state index in [1.807, 2.05) is 18.2 Å². The van der Waals surface area contributed by atoms with Crippen molar-refractivity contribution in [3.63, 3.8) is 0 Å². The number of carbonyl (C=O) groups excluding carboxylic acids is 1. The molecule has 0 saturated carbocycles. The van der Waals surface area contributed by atoms with Crippen LogP contribution in [-0.2, 0) is 0 Å². The Morgan fingerprint density at radius 3 is 2.65 bits per heavy atom. The number of aromatic nitrogens is 3. The van der Waals surface area contributed by atoms with Crippen LogP contribution in [0.2, 0.25) is 0 Å². The molecule has 5 heteroatoms. The van der Waals surface area contributed by atoms with Gasteiger partial charge in [0.1, 0.15) is 5.69 Å². The average molecular weight is 306 g/mol. The van der Waals surface area contributed by atoms with E-state index >= 15 is 0 Å². The molecule has 1 N–H and O–H groups in total. The Bertz CT molecular complexity index is 748. The van der Waals surface area contributed by atoms with Gasteiger partial charge in [0.25, 0.3) is 5.91 Å². The number of allylic oxidation sites excluding steroid dienone is 2. The largest absolute Gasteiger partial charge is 0.347 e. The van der Waals surface area contributed by atoms with E-state index < -0.39 is 0 Å². The predicted molar refractivity (Wildman–Crippen MR) is 88.7 cm³/mol. The minimum Gasteiger partial charge on any atom is -0.347 e. The average Bonchev–Trinajstić information content (AvgIpc) is 2.62. The molecule has 2 aromatic rings. The molecule has 1 aliphatic rings. The van der Waals surface area contributed by atoms with E-state index in [-0.39, 0.29) is 5.91 Å². The Labute approximate surface area is 135 Å². The first-order chi connectivity index (χ1) is 11.2. The molecule has 0 aromatic carbocycles. The van der Waals surface area contributed by atoms with Crippen LogP contribution in [0.3, 0.4) is 0 Å². The molecule has 3 rings (SSSR count). The summed E-state index contributed by atoms with van der Waals surface area (Å²) in [5.74, 6) is -0.218. The van der Waals surface area contributed by atoms with Gasteiger partial charge in [-0.25, -0.2) is 0 Å². The van der Waals surface area contributed by atoms with Gasteiger partial charge in [-0.05, 0) is 49.6 Å². The molecule has 2 aromatic heterocycles. The molecular weight excluding hydrogens is 288 g/mol. The van der Waals surface area contributed by atoms with Crippen molar-refractivity contribution in [1.29, 1.82) is 0 Å². The molecule has 0 spiro atoms. The van der Waals surface area contributed by atoms with Crippen molar-refractivity contribution in [1.82, 2.24) is 20.5 Å². The van der Waals surface area contributed by atoms with Crippen LogP contribution in [0.4, 0.5) is 0 Å². The Morgan fingerprint density at radius 2 is 1.96 bits per heavy atom. The highest BCUT2D eigenvalue weighted by atomic mass is 16.1. The third-order valence-electron chi connectivity index (χ3n) is 3.78. The topological polar surface area (TPSA) is 67.8 Å². The van der Waals surface area contributed by atoms with Crippen molar-refractivity contribution in [3.8, 4) is 11.4 Å². The third-order valence-corrected chi connectivity index (χ3v) is 3.78. The van der Waals surface area contributed by atoms with E-state index in [2.05, 4.69) is 39.6 Å². The Morgan fingerprint density at radius 1 is 1.09 bits per heavy atom. The van der Waals surface area contributed by atoms with E-state index in [0.29, 0.717) is 17.9 Å². The summed E-state index contributed by atoms with van der Waals surface area (Å²) >= 11 is 0. The second-order valence-electron chi connectivity index (χ2n) is 5.40. The molecule has 23 heavy (non-hydrogen) atoms. The summed E-state index contributed by atoms with van der Waals surface area (Å²) in [7, 11) is 0. The summed E-state index contributed by atoms with van der Waals surface area (Å²) in [4.78, 5) is 16.4. The third kappa shape index (κ3) is 3.69. The van der Waals surface area contributed by atoms with Crippen molar-refractivity contribution >= 4 is 5.91 Å². The van der Waals surface area contributed by atoms with Crippen molar-refractivity contribution in [2.24, 2.45) is 0 Å². The fraction of sp³-hybridized carbons (Fsp3) is 0.222. The van der Waals surface area contributed by atoms with Gasteiger partial charge < -0.3 is 5.32 Å². The van der Waals surface area contributed by atoms with Gasteiger partial charge in [0.15, 0.2) is 5.69 Å². The Balaban J connectivity index is 1.64.